The van der Waals surface area contributed by atoms with Gasteiger partial charge in [0.2, 0.25) is 0 Å². The normalized spacial score (nSPS) is 13.3. The van der Waals surface area contributed by atoms with Crippen molar-refractivity contribution in [2.24, 2.45) is 5.11 Å². The smallest absolute Gasteiger partial charge is 0.338 e. The van der Waals surface area contributed by atoms with Gasteiger partial charge < -0.3 is 38.3 Å². The molecule has 0 bridgehead atoms. The predicted octanol–water partition coefficient (Wildman–Crippen LogP) is 3.50. The van der Waals surface area contributed by atoms with E-state index in [1.807, 2.05) is 0 Å². The fraction of sp³-hybridized carbons (Fsp3) is 0.462. The molecule has 0 aliphatic carbocycles. The van der Waals surface area contributed by atoms with Gasteiger partial charge >= 0.3 is 11.9 Å². The summed E-state index contributed by atoms with van der Waals surface area (Å²) >= 11 is 0. The van der Waals surface area contributed by atoms with E-state index in [0.717, 1.165) is 0 Å². The molecular formula is C26H33N3O10. The van der Waals surface area contributed by atoms with Gasteiger partial charge in [0.1, 0.15) is 24.7 Å². The van der Waals surface area contributed by atoms with Crippen LogP contribution in [0, 0.1) is 0 Å². The molecule has 0 radical (unpaired) electrons. The Labute approximate surface area is 226 Å². The van der Waals surface area contributed by atoms with Gasteiger partial charge in [-0.25, -0.2) is 9.59 Å². The van der Waals surface area contributed by atoms with Gasteiger partial charge in [0.05, 0.1) is 50.8 Å². The maximum absolute atomic E-state index is 11.6. The highest BCUT2D eigenvalue weighted by molar-refractivity contribution is 5.90. The van der Waals surface area contributed by atoms with Crippen LogP contribution in [-0.2, 0) is 23.7 Å². The molecule has 0 aromatic heterocycles. The summed E-state index contributed by atoms with van der Waals surface area (Å²) in [7, 11) is 0. The third-order valence-corrected chi connectivity index (χ3v) is 4.74. The molecule has 1 atom stereocenters. The van der Waals surface area contributed by atoms with E-state index in [2.05, 4.69) is 10.0 Å². The molecule has 0 saturated carbocycles. The van der Waals surface area contributed by atoms with Crippen molar-refractivity contribution >= 4 is 11.9 Å². The monoisotopic (exact) mass is 547 g/mol. The molecule has 1 aliphatic rings. The molecule has 2 aromatic rings. The van der Waals surface area contributed by atoms with Crippen LogP contribution < -0.4 is 9.47 Å². The van der Waals surface area contributed by atoms with Crippen LogP contribution in [0.5, 0.6) is 11.5 Å². The molecule has 1 aliphatic heterocycles. The van der Waals surface area contributed by atoms with E-state index in [1.165, 1.54) is 6.07 Å². The van der Waals surface area contributed by atoms with E-state index < -0.39 is 12.2 Å². The summed E-state index contributed by atoms with van der Waals surface area (Å²) in [5.41, 5.74) is 9.25. The minimum atomic E-state index is -0.853. The molecule has 1 unspecified atom stereocenters. The SMILES string of the molecule is CCOC(=O)c1cccc(OCC(N=[N+]=[N-])OCCO)c1.CCOC(=O)c1cccc(OCC2OCCO2)c1. The van der Waals surface area contributed by atoms with Crippen molar-refractivity contribution < 1.29 is 47.9 Å². The second-order valence-corrected chi connectivity index (χ2v) is 7.54. The van der Waals surface area contributed by atoms with Crippen LogP contribution in [0.1, 0.15) is 34.6 Å². The Morgan fingerprint density at radius 1 is 1.00 bits per heavy atom. The molecule has 13 heteroatoms. The largest absolute Gasteiger partial charge is 0.491 e. The van der Waals surface area contributed by atoms with E-state index in [1.54, 1.807) is 56.3 Å². The predicted molar refractivity (Wildman–Crippen MR) is 137 cm³/mol. The number of esters is 2. The Balaban J connectivity index is 0.000000276. The first-order valence-electron chi connectivity index (χ1n) is 12.3. The Morgan fingerprint density at radius 3 is 2.08 bits per heavy atom. The molecule has 1 heterocycles. The van der Waals surface area contributed by atoms with Crippen LogP contribution >= 0.6 is 0 Å². The average molecular weight is 548 g/mol. The summed E-state index contributed by atoms with van der Waals surface area (Å²) in [4.78, 5) is 25.7. The van der Waals surface area contributed by atoms with Gasteiger partial charge in [-0.15, -0.1) is 0 Å². The molecular weight excluding hydrogens is 514 g/mol. The summed E-state index contributed by atoms with van der Waals surface area (Å²) in [6.45, 7) is 5.46. The van der Waals surface area contributed by atoms with Gasteiger partial charge in [-0.2, -0.15) is 0 Å². The lowest BCUT2D eigenvalue weighted by atomic mass is 10.2. The quantitative estimate of drug-likeness (QED) is 0.160. The molecule has 1 fully saturated rings. The first-order chi connectivity index (χ1) is 19.0. The zero-order valence-electron chi connectivity index (χ0n) is 21.9. The summed E-state index contributed by atoms with van der Waals surface area (Å²) in [6.07, 6.45) is -1.18. The molecule has 2 aromatic carbocycles. The molecule has 13 nitrogen and oxygen atoms in total. The summed E-state index contributed by atoms with van der Waals surface area (Å²) in [5.74, 6) is 0.230. The molecule has 3 rings (SSSR count). The number of aliphatic hydroxyl groups is 1. The number of carbonyl (C=O) groups excluding carboxylic acids is 2. The second-order valence-electron chi connectivity index (χ2n) is 7.54. The topological polar surface area (TPSA) is 168 Å². The van der Waals surface area contributed by atoms with Crippen LogP contribution in [-0.4, -0.2) is 82.4 Å². The number of azide groups is 1. The first kappa shape index (κ1) is 31.3. The third-order valence-electron chi connectivity index (χ3n) is 4.74. The number of carbonyl (C=O) groups is 2. The van der Waals surface area contributed by atoms with Crippen LogP contribution in [0.25, 0.3) is 10.4 Å². The van der Waals surface area contributed by atoms with E-state index in [4.69, 9.17) is 43.8 Å². The highest BCUT2D eigenvalue weighted by Gasteiger charge is 2.17. The number of nitrogens with zero attached hydrogens (tertiary/aromatic N) is 3. The number of benzene rings is 2. The maximum atomic E-state index is 11.6. The lowest BCUT2D eigenvalue weighted by Crippen LogP contribution is -2.20. The van der Waals surface area contributed by atoms with Crippen LogP contribution in [0.4, 0.5) is 0 Å². The van der Waals surface area contributed by atoms with Gasteiger partial charge in [0.15, 0.2) is 12.5 Å². The Bertz CT molecular complexity index is 1070. The third kappa shape index (κ3) is 12.0. The van der Waals surface area contributed by atoms with Gasteiger partial charge in [0, 0.05) is 4.91 Å². The van der Waals surface area contributed by atoms with E-state index in [9.17, 15) is 9.59 Å². The standard InChI is InChI=1S/C13H17N3O5.C13H16O5/c1-2-19-13(18)10-4-3-5-11(8-10)21-9-12(15-16-14)20-7-6-17;1-2-15-13(14)10-4-3-5-11(8-10)18-9-12-16-6-7-17-12/h3-5,8,12,17H,2,6-7,9H2,1H3;3-5,8,12H,2,6-7,9H2,1H3. The van der Waals surface area contributed by atoms with Gasteiger partial charge in [-0.1, -0.05) is 17.2 Å². The van der Waals surface area contributed by atoms with Crippen molar-refractivity contribution in [3.8, 4) is 11.5 Å². The maximum Gasteiger partial charge on any atom is 0.338 e. The average Bonchev–Trinajstić information content (AvgIpc) is 3.48. The zero-order chi connectivity index (χ0) is 28.3. The summed E-state index contributed by atoms with van der Waals surface area (Å²) in [5, 5.41) is 12.1. The van der Waals surface area contributed by atoms with Crippen molar-refractivity contribution in [3.63, 3.8) is 0 Å². The molecule has 1 N–H and O–H groups in total. The number of rotatable bonds is 14. The fourth-order valence-electron chi connectivity index (χ4n) is 3.05. The van der Waals surface area contributed by atoms with Crippen LogP contribution in [0.15, 0.2) is 53.6 Å². The second kappa shape index (κ2) is 18.4. The highest BCUT2D eigenvalue weighted by atomic mass is 16.7. The van der Waals surface area contributed by atoms with E-state index >= 15 is 0 Å². The minimum Gasteiger partial charge on any atom is -0.491 e. The molecule has 1 saturated heterocycles. The van der Waals surface area contributed by atoms with Gasteiger partial charge in [0.25, 0.3) is 0 Å². The zero-order valence-corrected chi connectivity index (χ0v) is 21.9. The minimum absolute atomic E-state index is 0.0314. The van der Waals surface area contributed by atoms with Crippen LogP contribution in [0.2, 0.25) is 0 Å². The lowest BCUT2D eigenvalue weighted by molar-refractivity contribution is -0.0684. The highest BCUT2D eigenvalue weighted by Crippen LogP contribution is 2.16. The van der Waals surface area contributed by atoms with Crippen molar-refractivity contribution in [2.45, 2.75) is 26.4 Å². The number of hydrogen-bond acceptors (Lipinski definition) is 11. The van der Waals surface area contributed by atoms with Gasteiger partial charge in [-0.05, 0) is 55.8 Å². The fourth-order valence-corrected chi connectivity index (χ4v) is 3.05. The summed E-state index contributed by atoms with van der Waals surface area (Å²) < 4.78 is 36.3. The molecule has 0 spiro atoms. The van der Waals surface area contributed by atoms with Crippen molar-refractivity contribution in [3.05, 3.63) is 70.1 Å². The Morgan fingerprint density at radius 2 is 1.56 bits per heavy atom. The number of aliphatic hydroxyl groups excluding tert-OH is 1. The first-order valence-corrected chi connectivity index (χ1v) is 12.3. The summed E-state index contributed by atoms with van der Waals surface area (Å²) in [6, 6.07) is 13.3. The Kier molecular flexibility index (Phi) is 14.8. The molecule has 0 amide bonds. The number of ether oxygens (including phenoxy) is 7. The van der Waals surface area contributed by atoms with Gasteiger partial charge in [-0.3, -0.25) is 0 Å². The van der Waals surface area contributed by atoms with Crippen LogP contribution in [0.3, 0.4) is 0 Å². The lowest BCUT2D eigenvalue weighted by Gasteiger charge is -2.13. The molecule has 39 heavy (non-hydrogen) atoms. The van der Waals surface area contributed by atoms with E-state index in [-0.39, 0.29) is 38.7 Å². The van der Waals surface area contributed by atoms with Crippen molar-refractivity contribution in [2.75, 3.05) is 52.9 Å². The number of hydrogen-bond donors (Lipinski definition) is 1. The molecule has 212 valence electrons. The van der Waals surface area contributed by atoms with Crippen molar-refractivity contribution in [1.82, 2.24) is 0 Å². The van der Waals surface area contributed by atoms with Crippen molar-refractivity contribution in [1.29, 1.82) is 0 Å². The van der Waals surface area contributed by atoms with E-state index in [0.29, 0.717) is 49.1 Å². The Hall–Kier alpha value is -3.87.